The highest BCUT2D eigenvalue weighted by atomic mass is 32.2. The molecule has 7 nitrogen and oxygen atoms in total. The normalized spacial score (nSPS) is 12.8. The Kier molecular flexibility index (Phi) is 10.6. The van der Waals surface area contributed by atoms with E-state index in [1.165, 1.54) is 17.0 Å². The number of carbonyl (C=O) groups excluding carboxylic acids is 2. The molecule has 0 bridgehead atoms. The molecule has 1 N–H and O–H groups in total. The van der Waals surface area contributed by atoms with Crippen LogP contribution in [0.3, 0.4) is 0 Å². The number of benzene rings is 3. The van der Waals surface area contributed by atoms with Crippen LogP contribution in [0.4, 0.5) is 10.1 Å². The van der Waals surface area contributed by atoms with E-state index in [9.17, 15) is 22.4 Å². The molecule has 208 valence electrons. The van der Waals surface area contributed by atoms with E-state index in [1.54, 1.807) is 30.3 Å². The molecular weight excluding hydrogens is 517 g/mol. The largest absolute Gasteiger partial charge is 0.352 e. The second kappa shape index (κ2) is 13.9. The molecule has 0 aliphatic heterocycles. The van der Waals surface area contributed by atoms with Gasteiger partial charge in [0.1, 0.15) is 18.4 Å². The first-order valence-electron chi connectivity index (χ1n) is 13.1. The van der Waals surface area contributed by atoms with Gasteiger partial charge in [-0.3, -0.25) is 13.9 Å². The quantitative estimate of drug-likeness (QED) is 0.330. The number of anilines is 1. The minimum Gasteiger partial charge on any atom is -0.352 e. The van der Waals surface area contributed by atoms with Gasteiger partial charge >= 0.3 is 0 Å². The monoisotopic (exact) mass is 553 g/mol. The van der Waals surface area contributed by atoms with E-state index in [-0.39, 0.29) is 29.1 Å². The van der Waals surface area contributed by atoms with Gasteiger partial charge in [-0.2, -0.15) is 0 Å². The molecule has 0 saturated carbocycles. The molecule has 9 heteroatoms. The summed E-state index contributed by atoms with van der Waals surface area (Å²) in [6.07, 6.45) is 1.59. The van der Waals surface area contributed by atoms with Gasteiger partial charge in [-0.1, -0.05) is 62.4 Å². The van der Waals surface area contributed by atoms with Gasteiger partial charge in [-0.15, -0.1) is 0 Å². The van der Waals surface area contributed by atoms with Crippen molar-refractivity contribution < 1.29 is 22.4 Å². The highest BCUT2D eigenvalue weighted by Gasteiger charge is 2.33. The van der Waals surface area contributed by atoms with Crippen molar-refractivity contribution in [2.75, 3.05) is 17.4 Å². The van der Waals surface area contributed by atoms with Gasteiger partial charge in [-0.05, 0) is 68.1 Å². The van der Waals surface area contributed by atoms with Crippen LogP contribution in [0.25, 0.3) is 0 Å². The lowest BCUT2D eigenvalue weighted by Gasteiger charge is -2.33. The molecular formula is C30H36FN3O4S. The fraction of sp³-hybridized carbons (Fsp3) is 0.333. The van der Waals surface area contributed by atoms with Crippen molar-refractivity contribution >= 4 is 27.5 Å². The van der Waals surface area contributed by atoms with Crippen LogP contribution in [-0.4, -0.2) is 50.3 Å². The van der Waals surface area contributed by atoms with Crippen molar-refractivity contribution in [2.24, 2.45) is 0 Å². The molecule has 0 heterocycles. The van der Waals surface area contributed by atoms with Gasteiger partial charge in [0.05, 0.1) is 10.6 Å². The summed E-state index contributed by atoms with van der Waals surface area (Å²) in [6, 6.07) is 21.5. The molecule has 0 unspecified atom stereocenters. The fourth-order valence-corrected chi connectivity index (χ4v) is 5.61. The third-order valence-corrected chi connectivity index (χ3v) is 8.38. The van der Waals surface area contributed by atoms with Crippen LogP contribution in [0.15, 0.2) is 89.8 Å². The van der Waals surface area contributed by atoms with E-state index in [4.69, 9.17) is 0 Å². The number of amides is 2. The Hall–Kier alpha value is -3.72. The van der Waals surface area contributed by atoms with Crippen molar-refractivity contribution in [1.82, 2.24) is 10.2 Å². The average Bonchev–Trinajstić information content (AvgIpc) is 2.94. The predicted molar refractivity (Wildman–Crippen MR) is 151 cm³/mol. The highest BCUT2D eigenvalue weighted by molar-refractivity contribution is 7.92. The van der Waals surface area contributed by atoms with Crippen molar-refractivity contribution in [1.29, 1.82) is 0 Å². The highest BCUT2D eigenvalue weighted by Crippen LogP contribution is 2.24. The lowest BCUT2D eigenvalue weighted by atomic mass is 10.1. The number of hydrogen-bond donors (Lipinski definition) is 1. The van der Waals surface area contributed by atoms with Crippen molar-refractivity contribution in [3.63, 3.8) is 0 Å². The third kappa shape index (κ3) is 7.89. The summed E-state index contributed by atoms with van der Waals surface area (Å²) in [5.41, 5.74) is 1.28. The number of nitrogens with one attached hydrogen (secondary N) is 1. The number of para-hydroxylation sites is 1. The molecule has 0 saturated heterocycles. The predicted octanol–water partition coefficient (Wildman–Crippen LogP) is 4.79. The second-order valence-corrected chi connectivity index (χ2v) is 11.2. The molecule has 0 aromatic heterocycles. The Balaban J connectivity index is 1.98. The van der Waals surface area contributed by atoms with Gasteiger partial charge in [0.2, 0.25) is 11.8 Å². The summed E-state index contributed by atoms with van der Waals surface area (Å²) in [4.78, 5) is 28.5. The molecule has 0 aliphatic carbocycles. The number of halogens is 1. The second-order valence-electron chi connectivity index (χ2n) is 9.37. The lowest BCUT2D eigenvalue weighted by Crippen LogP contribution is -2.54. The number of rotatable bonds is 13. The number of carbonyl (C=O) groups is 2. The molecule has 0 radical (unpaired) electrons. The average molecular weight is 554 g/mol. The zero-order valence-corrected chi connectivity index (χ0v) is 23.4. The molecule has 3 aromatic rings. The van der Waals surface area contributed by atoms with Crippen molar-refractivity contribution in [3.8, 4) is 0 Å². The Bertz CT molecular complexity index is 1320. The molecule has 39 heavy (non-hydrogen) atoms. The van der Waals surface area contributed by atoms with Crippen LogP contribution in [0.2, 0.25) is 0 Å². The zero-order chi connectivity index (χ0) is 28.4. The Labute approximate surface area is 230 Å². The maximum atomic E-state index is 13.9. The minimum absolute atomic E-state index is 0.0719. The zero-order valence-electron chi connectivity index (χ0n) is 22.6. The summed E-state index contributed by atoms with van der Waals surface area (Å²) in [6.45, 7) is 5.39. The summed E-state index contributed by atoms with van der Waals surface area (Å²) in [5, 5.41) is 2.96. The van der Waals surface area contributed by atoms with E-state index in [1.807, 2.05) is 51.1 Å². The molecule has 0 aliphatic rings. The Morgan fingerprint density at radius 1 is 0.872 bits per heavy atom. The van der Waals surface area contributed by atoms with E-state index < -0.39 is 34.3 Å². The standard InChI is InChI=1S/C30H36FN3O4S/c1-4-23(3)32-30(36)28(5-2)33(21-20-24-12-8-6-9-13-24)29(35)22-34(26-14-10-7-11-15-26)39(37,38)27-18-16-25(31)17-19-27/h6-19,23,28H,4-5,20-22H2,1-3H3,(H,32,36)/t23-,28-/m1/s1. The van der Waals surface area contributed by atoms with Gasteiger partial charge in [-0.25, -0.2) is 12.8 Å². The molecule has 2 amide bonds. The number of hydrogen-bond acceptors (Lipinski definition) is 4. The molecule has 3 rings (SSSR count). The van der Waals surface area contributed by atoms with E-state index in [0.29, 0.717) is 12.8 Å². The first-order valence-corrected chi connectivity index (χ1v) is 14.6. The number of sulfonamides is 1. The summed E-state index contributed by atoms with van der Waals surface area (Å²) < 4.78 is 41.9. The molecule has 0 fully saturated rings. The SMILES string of the molecule is CC[C@@H](C)NC(=O)[C@@H](CC)N(CCc1ccccc1)C(=O)CN(c1ccccc1)S(=O)(=O)c1ccc(F)cc1. The van der Waals surface area contributed by atoms with E-state index in [2.05, 4.69) is 5.32 Å². The summed E-state index contributed by atoms with van der Waals surface area (Å²) >= 11 is 0. The van der Waals surface area contributed by atoms with Gasteiger partial charge in [0.15, 0.2) is 0 Å². The van der Waals surface area contributed by atoms with Crippen LogP contribution in [0.1, 0.15) is 39.2 Å². The smallest absolute Gasteiger partial charge is 0.264 e. The van der Waals surface area contributed by atoms with Crippen LogP contribution < -0.4 is 9.62 Å². The first kappa shape index (κ1) is 29.8. The van der Waals surface area contributed by atoms with E-state index >= 15 is 0 Å². The van der Waals surface area contributed by atoms with Crippen molar-refractivity contribution in [3.05, 3.63) is 96.3 Å². The Morgan fingerprint density at radius 3 is 2.03 bits per heavy atom. The first-order chi connectivity index (χ1) is 18.7. The van der Waals surface area contributed by atoms with Crippen LogP contribution in [0, 0.1) is 5.82 Å². The lowest BCUT2D eigenvalue weighted by molar-refractivity contribution is -0.139. The van der Waals surface area contributed by atoms with Gasteiger partial charge in [0, 0.05) is 12.6 Å². The summed E-state index contributed by atoms with van der Waals surface area (Å²) in [7, 11) is -4.22. The van der Waals surface area contributed by atoms with Crippen molar-refractivity contribution in [2.45, 2.75) is 57.0 Å². The van der Waals surface area contributed by atoms with E-state index in [0.717, 1.165) is 28.4 Å². The minimum atomic E-state index is -4.22. The van der Waals surface area contributed by atoms with Gasteiger partial charge in [0.25, 0.3) is 10.0 Å². The van der Waals surface area contributed by atoms with Crippen LogP contribution in [-0.2, 0) is 26.0 Å². The Morgan fingerprint density at radius 2 is 1.46 bits per heavy atom. The fourth-order valence-electron chi connectivity index (χ4n) is 4.19. The maximum absolute atomic E-state index is 13.9. The summed E-state index contributed by atoms with van der Waals surface area (Å²) in [5.74, 6) is -1.35. The van der Waals surface area contributed by atoms with Crippen LogP contribution in [0.5, 0.6) is 0 Å². The van der Waals surface area contributed by atoms with Crippen LogP contribution >= 0.6 is 0 Å². The topological polar surface area (TPSA) is 86.8 Å². The molecule has 3 aromatic carbocycles. The van der Waals surface area contributed by atoms with Gasteiger partial charge < -0.3 is 10.2 Å². The maximum Gasteiger partial charge on any atom is 0.264 e. The third-order valence-electron chi connectivity index (χ3n) is 6.60. The molecule has 0 spiro atoms. The number of nitrogens with zero attached hydrogens (tertiary/aromatic N) is 2. The molecule has 2 atom stereocenters.